The van der Waals surface area contributed by atoms with E-state index >= 15 is 0 Å². The second-order valence-electron chi connectivity index (χ2n) is 3.52. The molecule has 0 aliphatic heterocycles. The summed E-state index contributed by atoms with van der Waals surface area (Å²) in [6.45, 7) is 8.26. The molecule has 0 aromatic carbocycles. The van der Waals surface area contributed by atoms with E-state index in [1.165, 1.54) is 6.42 Å². The number of rotatable bonds is 0. The molecule has 2 heterocycles. The van der Waals surface area contributed by atoms with E-state index in [4.69, 9.17) is 0 Å². The molecule has 0 spiro atoms. The number of aryl methyl sites for hydroxylation is 2. The quantitative estimate of drug-likeness (QED) is 0.792. The van der Waals surface area contributed by atoms with Crippen molar-refractivity contribution in [3.05, 3.63) is 21.9 Å². The lowest BCUT2D eigenvalue weighted by Crippen LogP contribution is -1.84. The number of aromatic amines is 1. The first-order valence-electron chi connectivity index (χ1n) is 5.07. The number of H-pyrrole nitrogens is 1. The molecule has 0 aliphatic carbocycles. The summed E-state index contributed by atoms with van der Waals surface area (Å²) in [4.78, 5) is 4.36. The largest absolute Gasteiger partial charge is 0.269 e. The molecular weight excluding hydrogens is 254 g/mol. The molecule has 2 rings (SSSR count). The van der Waals surface area contributed by atoms with E-state index in [1.54, 1.807) is 0 Å². The van der Waals surface area contributed by atoms with Crippen molar-refractivity contribution in [2.45, 2.75) is 34.1 Å². The van der Waals surface area contributed by atoms with Crippen LogP contribution in [0.5, 0.6) is 0 Å². The number of aromatic nitrogens is 3. The molecule has 0 bridgehead atoms. The highest BCUT2D eigenvalue weighted by molar-refractivity contribution is 9.10. The van der Waals surface area contributed by atoms with Gasteiger partial charge < -0.3 is 0 Å². The van der Waals surface area contributed by atoms with Gasteiger partial charge in [-0.25, -0.2) is 4.98 Å². The van der Waals surface area contributed by atoms with Crippen LogP contribution in [0.3, 0.4) is 0 Å². The van der Waals surface area contributed by atoms with Gasteiger partial charge >= 0.3 is 0 Å². The van der Waals surface area contributed by atoms with Gasteiger partial charge in [0.25, 0.3) is 0 Å². The minimum atomic E-state index is 0.851. The maximum absolute atomic E-state index is 4.36. The van der Waals surface area contributed by atoms with Crippen LogP contribution in [-0.4, -0.2) is 15.2 Å². The molecule has 0 radical (unpaired) electrons. The summed E-state index contributed by atoms with van der Waals surface area (Å²) in [6, 6.07) is 2.02. The van der Waals surface area contributed by atoms with E-state index in [0.717, 1.165) is 26.9 Å². The van der Waals surface area contributed by atoms with Crippen LogP contribution in [0.4, 0.5) is 0 Å². The van der Waals surface area contributed by atoms with E-state index in [2.05, 4.69) is 45.0 Å². The Balaban J connectivity index is 0.000000337. The van der Waals surface area contributed by atoms with Gasteiger partial charge in [0.05, 0.1) is 0 Å². The number of hydrogen-bond donors (Lipinski definition) is 1. The first kappa shape index (κ1) is 12.2. The Hall–Kier alpha value is -0.900. The van der Waals surface area contributed by atoms with Crippen molar-refractivity contribution in [1.82, 2.24) is 15.2 Å². The molecular formula is C11H16BrN3. The number of nitrogens with zero attached hydrogens (tertiary/aromatic N) is 2. The number of hydrogen-bond acceptors (Lipinski definition) is 2. The highest BCUT2D eigenvalue weighted by Crippen LogP contribution is 2.21. The topological polar surface area (TPSA) is 41.6 Å². The third-order valence-electron chi connectivity index (χ3n) is 1.79. The fraction of sp³-hybridized carbons (Fsp3) is 0.455. The summed E-state index contributed by atoms with van der Waals surface area (Å²) in [5, 5.41) is 6.97. The van der Waals surface area contributed by atoms with E-state index in [9.17, 15) is 0 Å². The first-order valence-corrected chi connectivity index (χ1v) is 5.87. The summed E-state index contributed by atoms with van der Waals surface area (Å²) in [5.41, 5.74) is 4.02. The summed E-state index contributed by atoms with van der Waals surface area (Å²) in [6.07, 6.45) is 1.25. The summed E-state index contributed by atoms with van der Waals surface area (Å²) in [7, 11) is 0. The van der Waals surface area contributed by atoms with Crippen molar-refractivity contribution >= 4 is 27.0 Å². The molecule has 15 heavy (non-hydrogen) atoms. The molecule has 0 atom stereocenters. The summed E-state index contributed by atoms with van der Waals surface area (Å²) in [5.74, 6) is 0. The molecule has 82 valence electrons. The summed E-state index contributed by atoms with van der Waals surface area (Å²) >= 11 is 3.35. The van der Waals surface area contributed by atoms with Crippen molar-refractivity contribution in [3.63, 3.8) is 0 Å². The molecule has 0 fully saturated rings. The Morgan fingerprint density at radius 3 is 2.47 bits per heavy atom. The molecule has 0 unspecified atom stereocenters. The van der Waals surface area contributed by atoms with Gasteiger partial charge in [-0.15, -0.1) is 0 Å². The minimum absolute atomic E-state index is 0.851. The molecule has 0 aliphatic rings. The van der Waals surface area contributed by atoms with Crippen molar-refractivity contribution < 1.29 is 0 Å². The highest BCUT2D eigenvalue weighted by Gasteiger charge is 2.06. The zero-order valence-electron chi connectivity index (χ0n) is 9.56. The zero-order valence-corrected chi connectivity index (χ0v) is 11.1. The van der Waals surface area contributed by atoms with Crippen LogP contribution in [0.25, 0.3) is 11.0 Å². The smallest absolute Gasteiger partial charge is 0.127 e. The van der Waals surface area contributed by atoms with Gasteiger partial charge in [0.1, 0.15) is 15.6 Å². The monoisotopic (exact) mass is 269 g/mol. The Kier molecular flexibility index (Phi) is 4.27. The van der Waals surface area contributed by atoms with Crippen LogP contribution in [0.15, 0.2) is 10.7 Å². The third-order valence-corrected chi connectivity index (χ3v) is 2.34. The Morgan fingerprint density at radius 1 is 1.27 bits per heavy atom. The van der Waals surface area contributed by atoms with Gasteiger partial charge in [0, 0.05) is 5.69 Å². The van der Waals surface area contributed by atoms with Crippen LogP contribution < -0.4 is 0 Å². The average molecular weight is 270 g/mol. The minimum Gasteiger partial charge on any atom is -0.269 e. The lowest BCUT2D eigenvalue weighted by molar-refractivity contribution is 1.09. The molecule has 0 saturated carbocycles. The number of halogens is 1. The predicted molar refractivity (Wildman–Crippen MR) is 67.0 cm³/mol. The Labute approximate surface area is 98.4 Å². The number of pyridine rings is 1. The fourth-order valence-corrected chi connectivity index (χ4v) is 1.65. The second kappa shape index (κ2) is 5.26. The first-order chi connectivity index (χ1) is 7.10. The molecule has 3 nitrogen and oxygen atoms in total. The fourth-order valence-electron chi connectivity index (χ4n) is 1.28. The van der Waals surface area contributed by atoms with E-state index < -0.39 is 0 Å². The molecule has 0 saturated heterocycles. The Bertz CT molecular complexity index is 448. The number of nitrogens with one attached hydrogen (secondary N) is 1. The van der Waals surface area contributed by atoms with Crippen molar-refractivity contribution in [2.24, 2.45) is 0 Å². The highest BCUT2D eigenvalue weighted by atomic mass is 79.9. The van der Waals surface area contributed by atoms with Crippen LogP contribution in [0.2, 0.25) is 0 Å². The maximum atomic E-state index is 4.36. The van der Waals surface area contributed by atoms with E-state index in [-0.39, 0.29) is 0 Å². The lowest BCUT2D eigenvalue weighted by Gasteiger charge is -1.95. The van der Waals surface area contributed by atoms with E-state index in [0.29, 0.717) is 0 Å². The summed E-state index contributed by atoms with van der Waals surface area (Å²) < 4.78 is 0.851. The molecule has 1 N–H and O–H groups in total. The van der Waals surface area contributed by atoms with Crippen LogP contribution >= 0.6 is 15.9 Å². The molecule has 0 amide bonds. The van der Waals surface area contributed by atoms with Gasteiger partial charge in [0.2, 0.25) is 0 Å². The van der Waals surface area contributed by atoms with E-state index in [1.807, 2.05) is 19.9 Å². The third kappa shape index (κ3) is 2.78. The van der Waals surface area contributed by atoms with Gasteiger partial charge in [-0.1, -0.05) is 20.3 Å². The molecule has 2 aromatic rings. The lowest BCUT2D eigenvalue weighted by atomic mass is 10.2. The van der Waals surface area contributed by atoms with Gasteiger partial charge in [-0.2, -0.15) is 5.10 Å². The van der Waals surface area contributed by atoms with Gasteiger partial charge in [0.15, 0.2) is 0 Å². The zero-order chi connectivity index (χ0) is 11.4. The van der Waals surface area contributed by atoms with Crippen LogP contribution in [-0.2, 0) is 0 Å². The molecule has 2 aromatic heterocycles. The number of fused-ring (bicyclic) bond motifs is 1. The van der Waals surface area contributed by atoms with Crippen molar-refractivity contribution in [1.29, 1.82) is 0 Å². The molecule has 4 heteroatoms. The maximum Gasteiger partial charge on any atom is 0.127 e. The Morgan fingerprint density at radius 2 is 1.87 bits per heavy atom. The SMILES string of the molecule is CCC.Cc1cc(C)c2n[nH]c(Br)c2n1. The van der Waals surface area contributed by atoms with Gasteiger partial charge in [-0.3, -0.25) is 5.10 Å². The van der Waals surface area contributed by atoms with Crippen molar-refractivity contribution in [2.75, 3.05) is 0 Å². The average Bonchev–Trinajstić information content (AvgIpc) is 2.49. The standard InChI is InChI=1S/C8H8BrN3.C3H8/c1-4-3-5(2)10-7-6(4)11-12-8(7)9;1-3-2/h3H,1-2H3,(H,11,12);3H2,1-2H3. The van der Waals surface area contributed by atoms with Crippen LogP contribution in [0, 0.1) is 13.8 Å². The van der Waals surface area contributed by atoms with Gasteiger partial charge in [-0.05, 0) is 41.4 Å². The predicted octanol–water partition coefficient (Wildman–Crippen LogP) is 3.75. The van der Waals surface area contributed by atoms with Crippen molar-refractivity contribution in [3.8, 4) is 0 Å². The second-order valence-corrected chi connectivity index (χ2v) is 4.32. The van der Waals surface area contributed by atoms with Crippen LogP contribution in [0.1, 0.15) is 31.5 Å². The normalized spacial score (nSPS) is 9.93.